The van der Waals surface area contributed by atoms with Crippen LogP contribution in [0.1, 0.15) is 12.8 Å². The highest BCUT2D eigenvalue weighted by atomic mass is 16.5. The first-order valence-corrected chi connectivity index (χ1v) is 7.16. The predicted octanol–water partition coefficient (Wildman–Crippen LogP) is 1.08. The number of rotatable bonds is 4. The average molecular weight is 276 g/mol. The van der Waals surface area contributed by atoms with Crippen LogP contribution in [0.25, 0.3) is 0 Å². The standard InChI is InChI=1S/C15H20N2O3/c18-13-2-1-3-14(10-13)20-11-15(19)17-8-6-16(7-9-17)12-4-5-12/h1-3,10,12,18H,4-9,11H2. The van der Waals surface area contributed by atoms with Crippen molar-refractivity contribution in [1.82, 2.24) is 9.80 Å². The smallest absolute Gasteiger partial charge is 0.260 e. The highest BCUT2D eigenvalue weighted by Gasteiger charge is 2.32. The second kappa shape index (κ2) is 5.71. The zero-order valence-electron chi connectivity index (χ0n) is 11.5. The summed E-state index contributed by atoms with van der Waals surface area (Å²) in [5.74, 6) is 0.687. The molecule has 3 rings (SSSR count). The van der Waals surface area contributed by atoms with Crippen LogP contribution in [-0.4, -0.2) is 59.6 Å². The number of carbonyl (C=O) groups is 1. The maximum absolute atomic E-state index is 12.1. The first kappa shape index (κ1) is 13.2. The Labute approximate surface area is 118 Å². The van der Waals surface area contributed by atoms with Crippen molar-refractivity contribution >= 4 is 5.91 Å². The lowest BCUT2D eigenvalue weighted by Crippen LogP contribution is -2.50. The van der Waals surface area contributed by atoms with E-state index in [4.69, 9.17) is 4.74 Å². The van der Waals surface area contributed by atoms with Gasteiger partial charge in [-0.2, -0.15) is 0 Å². The number of amides is 1. The molecule has 0 unspecified atom stereocenters. The van der Waals surface area contributed by atoms with E-state index in [2.05, 4.69) is 4.90 Å². The average Bonchev–Trinajstić information content (AvgIpc) is 3.30. The van der Waals surface area contributed by atoms with E-state index in [1.54, 1.807) is 18.2 Å². The normalized spacial score (nSPS) is 19.9. The molecule has 1 N–H and O–H groups in total. The molecule has 0 atom stereocenters. The number of hydrogen-bond acceptors (Lipinski definition) is 4. The van der Waals surface area contributed by atoms with E-state index in [0.717, 1.165) is 32.2 Å². The predicted molar refractivity (Wildman–Crippen MR) is 74.8 cm³/mol. The molecule has 1 heterocycles. The molecule has 5 nitrogen and oxygen atoms in total. The minimum Gasteiger partial charge on any atom is -0.508 e. The molecule has 2 fully saturated rings. The van der Waals surface area contributed by atoms with Gasteiger partial charge in [0, 0.05) is 38.3 Å². The number of aromatic hydroxyl groups is 1. The van der Waals surface area contributed by atoms with Crippen molar-refractivity contribution in [2.24, 2.45) is 0 Å². The van der Waals surface area contributed by atoms with Gasteiger partial charge in [0.05, 0.1) is 0 Å². The van der Waals surface area contributed by atoms with Gasteiger partial charge in [0.15, 0.2) is 6.61 Å². The third-order valence-electron chi connectivity index (χ3n) is 3.91. The van der Waals surface area contributed by atoms with E-state index in [-0.39, 0.29) is 18.3 Å². The molecule has 1 saturated heterocycles. The largest absolute Gasteiger partial charge is 0.508 e. The monoisotopic (exact) mass is 276 g/mol. The van der Waals surface area contributed by atoms with Crippen LogP contribution in [0, 0.1) is 0 Å². The van der Waals surface area contributed by atoms with Gasteiger partial charge < -0.3 is 14.7 Å². The Hall–Kier alpha value is -1.75. The first-order valence-electron chi connectivity index (χ1n) is 7.16. The van der Waals surface area contributed by atoms with E-state index in [1.165, 1.54) is 18.9 Å². The van der Waals surface area contributed by atoms with Crippen molar-refractivity contribution in [1.29, 1.82) is 0 Å². The fraction of sp³-hybridized carbons (Fsp3) is 0.533. The Morgan fingerprint density at radius 3 is 2.65 bits per heavy atom. The minimum atomic E-state index is 0.0174. The van der Waals surface area contributed by atoms with E-state index in [9.17, 15) is 9.90 Å². The number of phenols is 1. The summed E-state index contributed by atoms with van der Waals surface area (Å²) >= 11 is 0. The molecular formula is C15H20N2O3. The first-order chi connectivity index (χ1) is 9.72. The van der Waals surface area contributed by atoms with Crippen LogP contribution in [0.3, 0.4) is 0 Å². The molecule has 20 heavy (non-hydrogen) atoms. The Bertz CT molecular complexity index is 480. The second-order valence-corrected chi connectivity index (χ2v) is 5.43. The highest BCUT2D eigenvalue weighted by molar-refractivity contribution is 5.77. The van der Waals surface area contributed by atoms with Crippen LogP contribution in [0.4, 0.5) is 0 Å². The van der Waals surface area contributed by atoms with Gasteiger partial charge in [-0.25, -0.2) is 0 Å². The molecule has 0 radical (unpaired) electrons. The number of phenolic OH excluding ortho intramolecular Hbond substituents is 1. The molecular weight excluding hydrogens is 256 g/mol. The summed E-state index contributed by atoms with van der Waals surface area (Å²) in [5.41, 5.74) is 0. The zero-order valence-corrected chi connectivity index (χ0v) is 11.5. The summed E-state index contributed by atoms with van der Waals surface area (Å²) in [6, 6.07) is 7.29. The Kier molecular flexibility index (Phi) is 3.78. The number of nitrogens with zero attached hydrogens (tertiary/aromatic N) is 2. The molecule has 1 amide bonds. The fourth-order valence-electron chi connectivity index (χ4n) is 2.59. The Morgan fingerprint density at radius 1 is 1.25 bits per heavy atom. The summed E-state index contributed by atoms with van der Waals surface area (Å²) in [7, 11) is 0. The van der Waals surface area contributed by atoms with Crippen molar-refractivity contribution in [3.63, 3.8) is 0 Å². The molecule has 2 aliphatic rings. The lowest BCUT2D eigenvalue weighted by atomic mass is 10.3. The molecule has 1 aliphatic carbocycles. The zero-order chi connectivity index (χ0) is 13.9. The van der Waals surface area contributed by atoms with Crippen molar-refractivity contribution in [3.8, 4) is 11.5 Å². The van der Waals surface area contributed by atoms with Gasteiger partial charge in [0.2, 0.25) is 0 Å². The molecule has 108 valence electrons. The van der Waals surface area contributed by atoms with E-state index >= 15 is 0 Å². The quantitative estimate of drug-likeness (QED) is 0.894. The summed E-state index contributed by atoms with van der Waals surface area (Å²) in [6.07, 6.45) is 2.63. The molecule has 0 bridgehead atoms. The van der Waals surface area contributed by atoms with Crippen LogP contribution in [0.15, 0.2) is 24.3 Å². The highest BCUT2D eigenvalue weighted by Crippen LogP contribution is 2.27. The maximum atomic E-state index is 12.1. The van der Waals surface area contributed by atoms with E-state index in [0.29, 0.717) is 5.75 Å². The molecule has 1 aromatic carbocycles. The lowest BCUT2D eigenvalue weighted by molar-refractivity contribution is -0.135. The Balaban J connectivity index is 1.45. The second-order valence-electron chi connectivity index (χ2n) is 5.43. The van der Waals surface area contributed by atoms with Gasteiger partial charge in [-0.05, 0) is 25.0 Å². The summed E-state index contributed by atoms with van der Waals surface area (Å²) in [6.45, 7) is 3.56. The van der Waals surface area contributed by atoms with E-state index in [1.807, 2.05) is 4.90 Å². The van der Waals surface area contributed by atoms with Crippen molar-refractivity contribution < 1.29 is 14.6 Å². The molecule has 1 saturated carbocycles. The molecule has 5 heteroatoms. The molecule has 1 aliphatic heterocycles. The maximum Gasteiger partial charge on any atom is 0.260 e. The number of carbonyl (C=O) groups excluding carboxylic acids is 1. The molecule has 0 spiro atoms. The van der Waals surface area contributed by atoms with Crippen LogP contribution in [0.2, 0.25) is 0 Å². The summed E-state index contributed by atoms with van der Waals surface area (Å²) < 4.78 is 5.42. The third kappa shape index (κ3) is 3.22. The number of hydrogen-bond donors (Lipinski definition) is 1. The van der Waals surface area contributed by atoms with Crippen LogP contribution in [0.5, 0.6) is 11.5 Å². The summed E-state index contributed by atoms with van der Waals surface area (Å²) in [5, 5.41) is 9.33. The van der Waals surface area contributed by atoms with Gasteiger partial charge in [-0.15, -0.1) is 0 Å². The lowest BCUT2D eigenvalue weighted by Gasteiger charge is -2.34. The van der Waals surface area contributed by atoms with Crippen LogP contribution >= 0.6 is 0 Å². The van der Waals surface area contributed by atoms with Crippen molar-refractivity contribution in [2.75, 3.05) is 32.8 Å². The SMILES string of the molecule is O=C(COc1cccc(O)c1)N1CCN(C2CC2)CC1. The third-order valence-corrected chi connectivity index (χ3v) is 3.91. The number of benzene rings is 1. The van der Waals surface area contributed by atoms with Crippen LogP contribution < -0.4 is 4.74 Å². The minimum absolute atomic E-state index is 0.0174. The molecule has 1 aromatic rings. The van der Waals surface area contributed by atoms with E-state index < -0.39 is 0 Å². The van der Waals surface area contributed by atoms with Gasteiger partial charge in [0.25, 0.3) is 5.91 Å². The molecule has 0 aromatic heterocycles. The van der Waals surface area contributed by atoms with Gasteiger partial charge >= 0.3 is 0 Å². The fourth-order valence-corrected chi connectivity index (χ4v) is 2.59. The van der Waals surface area contributed by atoms with Crippen molar-refractivity contribution in [2.45, 2.75) is 18.9 Å². The van der Waals surface area contributed by atoms with Crippen molar-refractivity contribution in [3.05, 3.63) is 24.3 Å². The van der Waals surface area contributed by atoms with Gasteiger partial charge in [-0.1, -0.05) is 6.07 Å². The number of piperazine rings is 1. The van der Waals surface area contributed by atoms with Gasteiger partial charge in [0.1, 0.15) is 11.5 Å². The Morgan fingerprint density at radius 2 is 2.00 bits per heavy atom. The topological polar surface area (TPSA) is 53.0 Å². The van der Waals surface area contributed by atoms with Gasteiger partial charge in [-0.3, -0.25) is 9.69 Å². The van der Waals surface area contributed by atoms with Crippen LogP contribution in [-0.2, 0) is 4.79 Å². The number of ether oxygens (including phenoxy) is 1. The summed E-state index contributed by atoms with van der Waals surface area (Å²) in [4.78, 5) is 16.4.